The molecule has 6 heteroatoms. The van der Waals surface area contributed by atoms with Crippen molar-refractivity contribution in [2.45, 2.75) is 6.61 Å². The smallest absolute Gasteiger partial charge is 0.319 e. The third kappa shape index (κ3) is 1.84. The van der Waals surface area contributed by atoms with Crippen LogP contribution in [0.4, 0.5) is 10.1 Å². The van der Waals surface area contributed by atoms with Crippen LogP contribution in [-0.2, 0) is 6.61 Å². The van der Waals surface area contributed by atoms with Crippen molar-refractivity contribution in [3.05, 3.63) is 38.1 Å². The second-order valence-electron chi connectivity index (χ2n) is 2.28. The van der Waals surface area contributed by atoms with Crippen LogP contribution in [0.25, 0.3) is 0 Å². The van der Waals surface area contributed by atoms with Crippen LogP contribution in [0.15, 0.2) is 16.6 Å². The van der Waals surface area contributed by atoms with Crippen LogP contribution >= 0.6 is 15.9 Å². The summed E-state index contributed by atoms with van der Waals surface area (Å²) in [5.74, 6) is -0.998. The Labute approximate surface area is 81.3 Å². The Morgan fingerprint density at radius 3 is 2.69 bits per heavy atom. The molecule has 0 fully saturated rings. The molecule has 0 aliphatic heterocycles. The van der Waals surface area contributed by atoms with Gasteiger partial charge in [-0.15, -0.1) is 0 Å². The molecule has 0 heterocycles. The molecule has 0 saturated carbocycles. The number of hydrogen-bond donors (Lipinski definition) is 1. The maximum atomic E-state index is 13.2. The van der Waals surface area contributed by atoms with Gasteiger partial charge in [-0.1, -0.05) is 6.07 Å². The molecule has 0 radical (unpaired) electrons. The topological polar surface area (TPSA) is 63.4 Å². The van der Waals surface area contributed by atoms with Gasteiger partial charge in [0.1, 0.15) is 0 Å². The lowest BCUT2D eigenvalue weighted by atomic mass is 10.2. The van der Waals surface area contributed by atoms with Gasteiger partial charge in [0.05, 0.1) is 16.0 Å². The number of hydrogen-bond acceptors (Lipinski definition) is 3. The third-order valence-corrected chi connectivity index (χ3v) is 2.14. The number of halogens is 2. The van der Waals surface area contributed by atoms with Gasteiger partial charge in [0, 0.05) is 5.56 Å². The highest BCUT2D eigenvalue weighted by atomic mass is 79.9. The standard InChI is InChI=1S/C7H5BrFNO3/c8-5-2-1-4(3-11)6(9)7(5)10(12)13/h1-2,11H,3H2. The van der Waals surface area contributed by atoms with Gasteiger partial charge in [-0.3, -0.25) is 10.1 Å². The van der Waals surface area contributed by atoms with Crippen LogP contribution in [0.3, 0.4) is 0 Å². The summed E-state index contributed by atoms with van der Waals surface area (Å²) >= 11 is 2.85. The van der Waals surface area contributed by atoms with Gasteiger partial charge >= 0.3 is 5.69 Å². The van der Waals surface area contributed by atoms with Crippen molar-refractivity contribution >= 4 is 21.6 Å². The van der Waals surface area contributed by atoms with E-state index >= 15 is 0 Å². The van der Waals surface area contributed by atoms with Crippen molar-refractivity contribution in [3.8, 4) is 0 Å². The molecule has 1 aromatic rings. The summed E-state index contributed by atoms with van der Waals surface area (Å²) in [4.78, 5) is 9.53. The largest absolute Gasteiger partial charge is 0.392 e. The van der Waals surface area contributed by atoms with Gasteiger partial charge in [0.25, 0.3) is 0 Å². The van der Waals surface area contributed by atoms with Crippen LogP contribution in [0.2, 0.25) is 0 Å². The zero-order valence-electron chi connectivity index (χ0n) is 6.33. The van der Waals surface area contributed by atoms with E-state index in [1.54, 1.807) is 0 Å². The molecular formula is C7H5BrFNO3. The SMILES string of the molecule is O=[N+]([O-])c1c(Br)ccc(CO)c1F. The van der Waals surface area contributed by atoms with E-state index in [1.807, 2.05) is 0 Å². The molecule has 0 aromatic heterocycles. The minimum atomic E-state index is -0.998. The van der Waals surface area contributed by atoms with Crippen LogP contribution in [0.1, 0.15) is 5.56 Å². The first kappa shape index (κ1) is 10.1. The Balaban J connectivity index is 3.38. The summed E-state index contributed by atoms with van der Waals surface area (Å²) in [6, 6.07) is 2.61. The third-order valence-electron chi connectivity index (χ3n) is 1.50. The number of aliphatic hydroxyl groups is 1. The molecule has 13 heavy (non-hydrogen) atoms. The van der Waals surface area contributed by atoms with Crippen LogP contribution in [-0.4, -0.2) is 10.0 Å². The number of aliphatic hydroxyl groups excluding tert-OH is 1. The Morgan fingerprint density at radius 1 is 1.62 bits per heavy atom. The molecular weight excluding hydrogens is 245 g/mol. The maximum Gasteiger partial charge on any atom is 0.319 e. The molecule has 0 bridgehead atoms. The monoisotopic (exact) mass is 249 g/mol. The predicted molar refractivity (Wildman–Crippen MR) is 46.7 cm³/mol. The van der Waals surface area contributed by atoms with E-state index in [0.29, 0.717) is 0 Å². The van der Waals surface area contributed by atoms with E-state index in [-0.39, 0.29) is 10.0 Å². The fourth-order valence-corrected chi connectivity index (χ4v) is 1.32. The maximum absolute atomic E-state index is 13.2. The fraction of sp³-hybridized carbons (Fsp3) is 0.143. The number of nitro groups is 1. The normalized spacial score (nSPS) is 10.1. The van der Waals surface area contributed by atoms with E-state index in [1.165, 1.54) is 12.1 Å². The first-order valence-corrected chi connectivity index (χ1v) is 4.09. The molecule has 0 aliphatic carbocycles. The highest BCUT2D eigenvalue weighted by Gasteiger charge is 2.21. The number of nitrogens with zero attached hydrogens (tertiary/aromatic N) is 1. The summed E-state index contributed by atoms with van der Waals surface area (Å²) in [5.41, 5.74) is -0.735. The molecule has 0 spiro atoms. The lowest BCUT2D eigenvalue weighted by Gasteiger charge is -2.00. The Morgan fingerprint density at radius 2 is 2.23 bits per heavy atom. The van der Waals surface area contributed by atoms with Gasteiger partial charge in [-0.05, 0) is 22.0 Å². The quantitative estimate of drug-likeness (QED) is 0.644. The van der Waals surface area contributed by atoms with E-state index < -0.39 is 23.0 Å². The van der Waals surface area contributed by atoms with Crippen LogP contribution < -0.4 is 0 Å². The van der Waals surface area contributed by atoms with Crippen molar-refractivity contribution < 1.29 is 14.4 Å². The number of rotatable bonds is 2. The molecule has 0 amide bonds. The molecule has 0 saturated heterocycles. The second-order valence-corrected chi connectivity index (χ2v) is 3.14. The Hall–Kier alpha value is -1.01. The van der Waals surface area contributed by atoms with Crippen molar-refractivity contribution in [1.29, 1.82) is 0 Å². The average molecular weight is 250 g/mol. The highest BCUT2D eigenvalue weighted by Crippen LogP contribution is 2.29. The molecule has 4 nitrogen and oxygen atoms in total. The molecule has 1 N–H and O–H groups in total. The molecule has 1 aromatic carbocycles. The first-order valence-electron chi connectivity index (χ1n) is 3.30. The predicted octanol–water partition coefficient (Wildman–Crippen LogP) is 1.99. The minimum Gasteiger partial charge on any atom is -0.392 e. The van der Waals surface area contributed by atoms with Gasteiger partial charge in [-0.25, -0.2) is 0 Å². The lowest BCUT2D eigenvalue weighted by Crippen LogP contribution is -1.98. The van der Waals surface area contributed by atoms with Crippen LogP contribution in [0.5, 0.6) is 0 Å². The summed E-state index contributed by atoms with van der Waals surface area (Å²) in [6.45, 7) is -0.556. The van der Waals surface area contributed by atoms with E-state index in [9.17, 15) is 14.5 Å². The lowest BCUT2D eigenvalue weighted by molar-refractivity contribution is -0.388. The Bertz CT molecular complexity index is 356. The van der Waals surface area contributed by atoms with Gasteiger partial charge in [0.2, 0.25) is 5.82 Å². The van der Waals surface area contributed by atoms with Crippen molar-refractivity contribution in [1.82, 2.24) is 0 Å². The van der Waals surface area contributed by atoms with Gasteiger partial charge < -0.3 is 5.11 Å². The first-order chi connectivity index (χ1) is 6.07. The van der Waals surface area contributed by atoms with Gasteiger partial charge in [0.15, 0.2) is 0 Å². The summed E-state index contributed by atoms with van der Waals surface area (Å²) < 4.78 is 13.2. The zero-order valence-corrected chi connectivity index (χ0v) is 7.91. The van der Waals surface area contributed by atoms with Gasteiger partial charge in [-0.2, -0.15) is 4.39 Å². The highest BCUT2D eigenvalue weighted by molar-refractivity contribution is 9.10. The number of nitro benzene ring substituents is 1. The molecule has 0 atom stereocenters. The van der Waals surface area contributed by atoms with E-state index in [4.69, 9.17) is 5.11 Å². The fourth-order valence-electron chi connectivity index (χ4n) is 0.872. The molecule has 1 rings (SSSR count). The van der Waals surface area contributed by atoms with E-state index in [2.05, 4.69) is 15.9 Å². The van der Waals surface area contributed by atoms with Crippen molar-refractivity contribution in [3.63, 3.8) is 0 Å². The van der Waals surface area contributed by atoms with Crippen LogP contribution in [0, 0.1) is 15.9 Å². The molecule has 0 unspecified atom stereocenters. The minimum absolute atomic E-state index is 0.0622. The average Bonchev–Trinajstić information content (AvgIpc) is 2.04. The van der Waals surface area contributed by atoms with E-state index in [0.717, 1.165) is 0 Å². The number of benzene rings is 1. The summed E-state index contributed by atoms with van der Waals surface area (Å²) in [5, 5.41) is 19.0. The molecule has 0 aliphatic rings. The zero-order chi connectivity index (χ0) is 10.0. The molecule has 70 valence electrons. The Kier molecular flexibility index (Phi) is 2.94. The van der Waals surface area contributed by atoms with Crippen molar-refractivity contribution in [2.75, 3.05) is 0 Å². The summed E-state index contributed by atoms with van der Waals surface area (Å²) in [6.07, 6.45) is 0. The van der Waals surface area contributed by atoms with Crippen molar-refractivity contribution in [2.24, 2.45) is 0 Å². The summed E-state index contributed by atoms with van der Waals surface area (Å²) in [7, 11) is 0. The second kappa shape index (κ2) is 3.80.